The molecule has 4 aromatic rings. The molecule has 1 N–H and O–H groups in total. The smallest absolute Gasteiger partial charge is 0.270 e. The van der Waals surface area contributed by atoms with Crippen molar-refractivity contribution in [3.8, 4) is 22.6 Å². The lowest BCUT2D eigenvalue weighted by Crippen LogP contribution is -2.30. The third kappa shape index (κ3) is 4.90. The molecule has 4 nitrogen and oxygen atoms in total. The number of benzene rings is 3. The first-order valence-electron chi connectivity index (χ1n) is 11.7. The number of carbonyl (C=O) groups is 1. The van der Waals surface area contributed by atoms with Crippen molar-refractivity contribution in [2.24, 2.45) is 7.05 Å². The first-order valence-corrected chi connectivity index (χ1v) is 11.7. The van der Waals surface area contributed by atoms with Crippen LogP contribution in [0.2, 0.25) is 0 Å². The molecule has 1 aromatic heterocycles. The van der Waals surface area contributed by atoms with E-state index < -0.39 is 0 Å². The minimum Gasteiger partial charge on any atom is -0.344 e. The number of rotatable bonds is 8. The summed E-state index contributed by atoms with van der Waals surface area (Å²) >= 11 is 0. The van der Waals surface area contributed by atoms with Gasteiger partial charge in [0.05, 0.1) is 6.04 Å². The highest BCUT2D eigenvalue weighted by molar-refractivity contribution is 5.99. The van der Waals surface area contributed by atoms with Crippen molar-refractivity contribution in [2.75, 3.05) is 0 Å². The Hall–Kier alpha value is -3.66. The fourth-order valence-electron chi connectivity index (χ4n) is 4.27. The van der Waals surface area contributed by atoms with Gasteiger partial charge in [0, 0.05) is 18.2 Å². The predicted molar refractivity (Wildman–Crippen MR) is 135 cm³/mol. The highest BCUT2D eigenvalue weighted by Gasteiger charge is 2.25. The van der Waals surface area contributed by atoms with Crippen LogP contribution in [0.1, 0.15) is 54.3 Å². The summed E-state index contributed by atoms with van der Waals surface area (Å²) in [6, 6.07) is 28.5. The van der Waals surface area contributed by atoms with Gasteiger partial charge in [-0.05, 0) is 30.0 Å². The maximum atomic E-state index is 13.7. The molecule has 0 aliphatic heterocycles. The predicted octanol–water partition coefficient (Wildman–Crippen LogP) is 6.59. The van der Waals surface area contributed by atoms with Crippen LogP contribution in [0.5, 0.6) is 0 Å². The number of carbonyl (C=O) groups excluding carboxylic acids is 1. The maximum absolute atomic E-state index is 13.7. The fraction of sp³-hybridized carbons (Fsp3) is 0.241. The van der Waals surface area contributed by atoms with Crippen LogP contribution in [0.15, 0.2) is 84.9 Å². The number of imidazole rings is 1. The van der Waals surface area contributed by atoms with Crippen molar-refractivity contribution in [1.29, 1.82) is 0 Å². The van der Waals surface area contributed by atoms with Gasteiger partial charge in [0.25, 0.3) is 5.91 Å². The normalized spacial score (nSPS) is 11.8. The van der Waals surface area contributed by atoms with Gasteiger partial charge in [0.2, 0.25) is 0 Å². The fourth-order valence-corrected chi connectivity index (χ4v) is 4.27. The zero-order valence-corrected chi connectivity index (χ0v) is 19.6. The number of hydrogen-bond acceptors (Lipinski definition) is 2. The number of hydrogen-bond donors (Lipinski definition) is 1. The van der Waals surface area contributed by atoms with Crippen molar-refractivity contribution >= 4 is 5.91 Å². The number of aromatic nitrogens is 2. The lowest BCUT2D eigenvalue weighted by Gasteiger charge is -2.19. The second-order valence-electron chi connectivity index (χ2n) is 8.34. The van der Waals surface area contributed by atoms with E-state index in [0.29, 0.717) is 11.4 Å². The molecule has 0 aliphatic carbocycles. The average Bonchev–Trinajstić information content (AvgIpc) is 3.22. The standard InChI is InChI=1S/C29H31N3O/c1-4-13-25(22-15-8-6-9-16-22)30-29(33)27-26(24-19-12-14-21(5-2)20-24)31-28(32(27)3)23-17-10-7-11-18-23/h6-12,14-20,25H,4-5,13H2,1-3H3,(H,30,33). The second kappa shape index (κ2) is 10.3. The van der Waals surface area contributed by atoms with Crippen LogP contribution in [0, 0.1) is 0 Å². The summed E-state index contributed by atoms with van der Waals surface area (Å²) in [6.45, 7) is 4.27. The maximum Gasteiger partial charge on any atom is 0.270 e. The Morgan fingerprint density at radius 2 is 1.58 bits per heavy atom. The summed E-state index contributed by atoms with van der Waals surface area (Å²) in [4.78, 5) is 18.7. The van der Waals surface area contributed by atoms with Gasteiger partial charge in [-0.1, -0.05) is 99.1 Å². The molecule has 33 heavy (non-hydrogen) atoms. The molecule has 0 aliphatic rings. The van der Waals surface area contributed by atoms with Crippen LogP contribution >= 0.6 is 0 Å². The molecular formula is C29H31N3O. The molecule has 1 amide bonds. The van der Waals surface area contributed by atoms with Crippen LogP contribution in [0.25, 0.3) is 22.6 Å². The molecule has 0 saturated carbocycles. The van der Waals surface area contributed by atoms with Gasteiger partial charge in [-0.25, -0.2) is 4.98 Å². The van der Waals surface area contributed by atoms with Gasteiger partial charge in [-0.3, -0.25) is 4.79 Å². The zero-order chi connectivity index (χ0) is 23.2. The van der Waals surface area contributed by atoms with Crippen LogP contribution in [0.3, 0.4) is 0 Å². The minimum absolute atomic E-state index is 0.0476. The third-order valence-electron chi connectivity index (χ3n) is 6.04. The Morgan fingerprint density at radius 3 is 2.24 bits per heavy atom. The van der Waals surface area contributed by atoms with Crippen LogP contribution < -0.4 is 5.32 Å². The highest BCUT2D eigenvalue weighted by Crippen LogP contribution is 2.30. The monoisotopic (exact) mass is 437 g/mol. The van der Waals surface area contributed by atoms with Gasteiger partial charge >= 0.3 is 0 Å². The Kier molecular flexibility index (Phi) is 7.04. The quantitative estimate of drug-likeness (QED) is 0.338. The number of aryl methyl sites for hydroxylation is 1. The Morgan fingerprint density at radius 1 is 0.909 bits per heavy atom. The van der Waals surface area contributed by atoms with Crippen molar-refractivity contribution in [3.05, 3.63) is 102 Å². The molecule has 1 heterocycles. The topological polar surface area (TPSA) is 46.9 Å². The zero-order valence-electron chi connectivity index (χ0n) is 19.6. The summed E-state index contributed by atoms with van der Waals surface area (Å²) < 4.78 is 1.92. The first kappa shape index (κ1) is 22.5. The molecule has 1 unspecified atom stereocenters. The summed E-state index contributed by atoms with van der Waals surface area (Å²) in [6.07, 6.45) is 2.78. The molecule has 0 radical (unpaired) electrons. The van der Waals surface area contributed by atoms with Gasteiger partial charge in [-0.2, -0.15) is 0 Å². The lowest BCUT2D eigenvalue weighted by molar-refractivity contribution is 0.0927. The van der Waals surface area contributed by atoms with E-state index in [9.17, 15) is 4.79 Å². The molecular weight excluding hydrogens is 406 g/mol. The van der Waals surface area contributed by atoms with E-state index in [1.54, 1.807) is 0 Å². The summed E-state index contributed by atoms with van der Waals surface area (Å²) in [5.41, 5.74) is 5.59. The molecule has 168 valence electrons. The van der Waals surface area contributed by atoms with E-state index in [-0.39, 0.29) is 11.9 Å². The third-order valence-corrected chi connectivity index (χ3v) is 6.04. The number of nitrogens with zero attached hydrogens (tertiary/aromatic N) is 2. The molecule has 4 rings (SSSR count). The molecule has 3 aromatic carbocycles. The largest absolute Gasteiger partial charge is 0.344 e. The number of nitrogens with one attached hydrogen (secondary N) is 1. The Labute approximate surface area is 196 Å². The van der Waals surface area contributed by atoms with Crippen molar-refractivity contribution in [1.82, 2.24) is 14.9 Å². The molecule has 0 saturated heterocycles. The molecule has 0 spiro atoms. The van der Waals surface area contributed by atoms with Crippen LogP contribution in [-0.4, -0.2) is 15.5 Å². The Bertz CT molecular complexity index is 1210. The van der Waals surface area contributed by atoms with Gasteiger partial charge < -0.3 is 9.88 Å². The van der Waals surface area contributed by atoms with E-state index in [2.05, 4.69) is 43.4 Å². The Balaban J connectivity index is 1.80. The minimum atomic E-state index is -0.105. The van der Waals surface area contributed by atoms with Crippen molar-refractivity contribution in [2.45, 2.75) is 39.2 Å². The lowest BCUT2D eigenvalue weighted by atomic mass is 10.0. The SMILES string of the molecule is CCCC(NC(=O)c1c(-c2cccc(CC)c2)nc(-c2ccccc2)n1C)c1ccccc1. The van der Waals surface area contributed by atoms with Gasteiger partial charge in [0.15, 0.2) is 0 Å². The average molecular weight is 438 g/mol. The first-order chi connectivity index (χ1) is 16.1. The second-order valence-corrected chi connectivity index (χ2v) is 8.34. The van der Waals surface area contributed by atoms with Crippen molar-refractivity contribution in [3.63, 3.8) is 0 Å². The van der Waals surface area contributed by atoms with Gasteiger partial charge in [0.1, 0.15) is 17.2 Å². The van der Waals surface area contributed by atoms with E-state index in [1.165, 1.54) is 5.56 Å². The molecule has 0 bridgehead atoms. The molecule has 4 heteroatoms. The van der Waals surface area contributed by atoms with Gasteiger partial charge in [-0.15, -0.1) is 0 Å². The van der Waals surface area contributed by atoms with E-state index in [1.807, 2.05) is 72.3 Å². The summed E-state index contributed by atoms with van der Waals surface area (Å²) in [5, 5.41) is 3.30. The van der Waals surface area contributed by atoms with Crippen LogP contribution in [0.4, 0.5) is 0 Å². The van der Waals surface area contributed by atoms with E-state index in [0.717, 1.165) is 41.8 Å². The van der Waals surface area contributed by atoms with Crippen molar-refractivity contribution < 1.29 is 4.79 Å². The molecule has 1 atom stereocenters. The van der Waals surface area contributed by atoms with E-state index in [4.69, 9.17) is 4.98 Å². The summed E-state index contributed by atoms with van der Waals surface area (Å²) in [5.74, 6) is 0.677. The summed E-state index contributed by atoms with van der Waals surface area (Å²) in [7, 11) is 1.93. The highest BCUT2D eigenvalue weighted by atomic mass is 16.2. The van der Waals surface area contributed by atoms with Crippen LogP contribution in [-0.2, 0) is 13.5 Å². The van der Waals surface area contributed by atoms with E-state index >= 15 is 0 Å². The molecule has 0 fully saturated rings. The number of amides is 1.